The van der Waals surface area contributed by atoms with Crippen LogP contribution in [0.2, 0.25) is 0 Å². The predicted octanol–water partition coefficient (Wildman–Crippen LogP) is -0.0640. The monoisotopic (exact) mass is 200 g/mol. The highest BCUT2D eigenvalue weighted by atomic mass is 16.1. The van der Waals surface area contributed by atoms with E-state index in [1.807, 2.05) is 12.1 Å². The summed E-state index contributed by atoms with van der Waals surface area (Å²) in [5.41, 5.74) is 8.56. The number of hydrogen-bond donors (Lipinski definition) is 2. The summed E-state index contributed by atoms with van der Waals surface area (Å²) in [4.78, 5) is 11.3. The standard InChI is InChI=1S/C12H12N2O/c13-12(15)9-4-5-10-11-7(6-14-10)2-1-3-8(9)11/h3-5,14H,1-2,6H2,(H2,13,15). The van der Waals surface area contributed by atoms with Gasteiger partial charge in [0.25, 0.3) is 0 Å². The molecule has 3 nitrogen and oxygen atoms in total. The molecule has 0 unspecified atom stereocenters. The molecule has 1 aromatic carbocycles. The van der Waals surface area contributed by atoms with Crippen LogP contribution in [0.15, 0.2) is 12.1 Å². The summed E-state index contributed by atoms with van der Waals surface area (Å²) in [5.74, 6) is -0.336. The van der Waals surface area contributed by atoms with Crippen molar-refractivity contribution in [1.82, 2.24) is 0 Å². The first-order chi connectivity index (χ1) is 7.27. The van der Waals surface area contributed by atoms with Gasteiger partial charge < -0.3 is 11.1 Å². The Labute approximate surface area is 87.3 Å². The molecule has 0 aromatic heterocycles. The van der Waals surface area contributed by atoms with Crippen LogP contribution >= 0.6 is 0 Å². The van der Waals surface area contributed by atoms with Gasteiger partial charge in [0, 0.05) is 23.0 Å². The molecule has 1 amide bonds. The van der Waals surface area contributed by atoms with Gasteiger partial charge in [-0.2, -0.15) is 0 Å². The third-order valence-corrected chi connectivity index (χ3v) is 3.15. The second-order valence-electron chi connectivity index (χ2n) is 4.01. The molecule has 1 heterocycles. The Morgan fingerprint density at radius 2 is 2.27 bits per heavy atom. The van der Waals surface area contributed by atoms with Gasteiger partial charge in [0.2, 0.25) is 5.91 Å². The average molecular weight is 200 g/mol. The number of carbonyl (C=O) groups is 1. The van der Waals surface area contributed by atoms with Crippen molar-refractivity contribution >= 4 is 23.2 Å². The molecule has 2 aliphatic rings. The number of nitrogens with one attached hydrogen (secondary N) is 1. The first-order valence-electron chi connectivity index (χ1n) is 5.16. The van der Waals surface area contributed by atoms with Crippen LogP contribution in [-0.4, -0.2) is 12.5 Å². The molecule has 1 aromatic rings. The summed E-state index contributed by atoms with van der Waals surface area (Å²) < 4.78 is 0. The van der Waals surface area contributed by atoms with E-state index in [0.29, 0.717) is 5.56 Å². The molecule has 0 bridgehead atoms. The Kier molecular flexibility index (Phi) is 1.63. The first-order valence-corrected chi connectivity index (χ1v) is 5.16. The zero-order valence-electron chi connectivity index (χ0n) is 8.34. The minimum Gasteiger partial charge on any atom is -0.381 e. The number of primary amides is 1. The van der Waals surface area contributed by atoms with E-state index in [-0.39, 0.29) is 5.91 Å². The molecule has 0 fully saturated rings. The molecule has 0 radical (unpaired) electrons. The number of anilines is 1. The van der Waals surface area contributed by atoms with E-state index in [1.165, 1.54) is 10.8 Å². The van der Waals surface area contributed by atoms with Crippen molar-refractivity contribution in [1.29, 1.82) is 0 Å². The van der Waals surface area contributed by atoms with Crippen molar-refractivity contribution in [3.8, 4) is 0 Å². The maximum Gasteiger partial charge on any atom is 0.249 e. The van der Waals surface area contributed by atoms with Gasteiger partial charge in [-0.1, -0.05) is 6.08 Å². The Bertz CT molecular complexity index is 572. The zero-order chi connectivity index (χ0) is 10.4. The van der Waals surface area contributed by atoms with Gasteiger partial charge in [-0.15, -0.1) is 0 Å². The lowest BCUT2D eigenvalue weighted by molar-refractivity contribution is 0.0999. The average Bonchev–Trinajstić information content (AvgIpc) is 2.64. The topological polar surface area (TPSA) is 55.1 Å². The lowest BCUT2D eigenvalue weighted by Gasteiger charge is -2.06. The minimum atomic E-state index is -0.336. The SMILES string of the molecule is NC(=O)c1ccc2c3c1=CCCC=3CN2. The number of amides is 1. The van der Waals surface area contributed by atoms with Crippen LogP contribution in [0.1, 0.15) is 23.2 Å². The lowest BCUT2D eigenvalue weighted by atomic mass is 9.98. The van der Waals surface area contributed by atoms with Crippen molar-refractivity contribution in [2.24, 2.45) is 5.73 Å². The lowest BCUT2D eigenvalue weighted by Crippen LogP contribution is -2.35. The van der Waals surface area contributed by atoms with E-state index in [1.54, 1.807) is 0 Å². The smallest absolute Gasteiger partial charge is 0.249 e. The molecule has 0 saturated heterocycles. The van der Waals surface area contributed by atoms with Crippen LogP contribution in [0, 0.1) is 0 Å². The highest BCUT2D eigenvalue weighted by Gasteiger charge is 2.17. The summed E-state index contributed by atoms with van der Waals surface area (Å²) in [5, 5.41) is 5.59. The van der Waals surface area contributed by atoms with Gasteiger partial charge in [-0.05, 0) is 35.8 Å². The van der Waals surface area contributed by atoms with Gasteiger partial charge in [-0.3, -0.25) is 4.79 Å². The maximum atomic E-state index is 11.3. The fourth-order valence-corrected chi connectivity index (χ4v) is 2.47. The summed E-state index contributed by atoms with van der Waals surface area (Å²) in [6.07, 6.45) is 4.22. The summed E-state index contributed by atoms with van der Waals surface area (Å²) >= 11 is 0. The van der Waals surface area contributed by atoms with Crippen LogP contribution in [0.25, 0.3) is 11.6 Å². The molecule has 3 heteroatoms. The number of rotatable bonds is 1. The largest absolute Gasteiger partial charge is 0.381 e. The summed E-state index contributed by atoms with van der Waals surface area (Å²) in [6, 6.07) is 3.76. The number of benzene rings is 1. The molecule has 15 heavy (non-hydrogen) atoms. The van der Waals surface area contributed by atoms with Gasteiger partial charge in [0.05, 0.1) is 0 Å². The number of hydrogen-bond acceptors (Lipinski definition) is 2. The van der Waals surface area contributed by atoms with Gasteiger partial charge in [0.15, 0.2) is 0 Å². The Morgan fingerprint density at radius 1 is 1.40 bits per heavy atom. The fourth-order valence-electron chi connectivity index (χ4n) is 2.47. The van der Waals surface area contributed by atoms with Gasteiger partial charge in [-0.25, -0.2) is 0 Å². The third-order valence-electron chi connectivity index (χ3n) is 3.15. The van der Waals surface area contributed by atoms with E-state index < -0.39 is 0 Å². The highest BCUT2D eigenvalue weighted by Crippen LogP contribution is 2.17. The molecule has 76 valence electrons. The Morgan fingerprint density at radius 3 is 3.07 bits per heavy atom. The second-order valence-corrected chi connectivity index (χ2v) is 4.01. The van der Waals surface area contributed by atoms with Crippen molar-refractivity contribution < 1.29 is 4.79 Å². The van der Waals surface area contributed by atoms with E-state index in [4.69, 9.17) is 5.73 Å². The minimum absolute atomic E-state index is 0.336. The maximum absolute atomic E-state index is 11.3. The molecule has 0 saturated carbocycles. The van der Waals surface area contributed by atoms with E-state index in [9.17, 15) is 4.79 Å². The van der Waals surface area contributed by atoms with E-state index in [2.05, 4.69) is 11.4 Å². The molecule has 0 atom stereocenters. The normalized spacial score (nSPS) is 16.7. The van der Waals surface area contributed by atoms with Crippen LogP contribution in [0.5, 0.6) is 0 Å². The molecule has 1 aliphatic heterocycles. The number of nitrogens with two attached hydrogens (primary N) is 1. The first kappa shape index (κ1) is 8.53. The molecular formula is C12H12N2O. The predicted molar refractivity (Wildman–Crippen MR) is 59.8 cm³/mol. The molecule has 1 aliphatic carbocycles. The quantitative estimate of drug-likeness (QED) is 0.667. The van der Waals surface area contributed by atoms with Crippen LogP contribution in [0.4, 0.5) is 5.69 Å². The summed E-state index contributed by atoms with van der Waals surface area (Å²) in [7, 11) is 0. The van der Waals surface area contributed by atoms with Crippen LogP contribution in [0.3, 0.4) is 0 Å². The molecule has 3 N–H and O–H groups in total. The van der Waals surface area contributed by atoms with E-state index in [0.717, 1.165) is 30.3 Å². The Balaban J connectivity index is 2.48. The molecular weight excluding hydrogens is 188 g/mol. The van der Waals surface area contributed by atoms with Crippen molar-refractivity contribution in [3.63, 3.8) is 0 Å². The Hall–Kier alpha value is -1.77. The highest BCUT2D eigenvalue weighted by molar-refractivity contribution is 5.94. The van der Waals surface area contributed by atoms with Crippen LogP contribution < -0.4 is 21.5 Å². The third kappa shape index (κ3) is 1.09. The summed E-state index contributed by atoms with van der Waals surface area (Å²) in [6.45, 7) is 0.915. The van der Waals surface area contributed by atoms with Gasteiger partial charge >= 0.3 is 0 Å². The second kappa shape index (κ2) is 2.86. The van der Waals surface area contributed by atoms with Crippen molar-refractivity contribution in [3.05, 3.63) is 28.1 Å². The van der Waals surface area contributed by atoms with Crippen LogP contribution in [-0.2, 0) is 0 Å². The molecule has 0 spiro atoms. The number of carbonyl (C=O) groups excluding carboxylic acids is 1. The zero-order valence-corrected chi connectivity index (χ0v) is 8.34. The van der Waals surface area contributed by atoms with Crippen molar-refractivity contribution in [2.45, 2.75) is 12.8 Å². The van der Waals surface area contributed by atoms with Crippen molar-refractivity contribution in [2.75, 3.05) is 11.9 Å². The van der Waals surface area contributed by atoms with E-state index >= 15 is 0 Å². The fraction of sp³-hybridized carbons (Fsp3) is 0.250. The molecule has 3 rings (SSSR count). The van der Waals surface area contributed by atoms with Gasteiger partial charge in [0.1, 0.15) is 0 Å².